The maximum Gasteiger partial charge on any atom is 0.242 e. The summed E-state index contributed by atoms with van der Waals surface area (Å²) in [7, 11) is 2.00. The first-order valence-electron chi connectivity index (χ1n) is 6.27. The molecule has 0 aliphatic carbocycles. The molecule has 1 heterocycles. The zero-order chi connectivity index (χ0) is 14.0. The van der Waals surface area contributed by atoms with Gasteiger partial charge in [-0.2, -0.15) is 0 Å². The van der Waals surface area contributed by atoms with Crippen LogP contribution < -0.4 is 10.6 Å². The molecule has 0 saturated carbocycles. The molecule has 0 unspecified atom stereocenters. The average Bonchev–Trinajstić information content (AvgIpc) is 2.36. The molecule has 106 valence electrons. The predicted molar refractivity (Wildman–Crippen MR) is 70.2 cm³/mol. The Labute approximate surface area is 110 Å². The van der Waals surface area contributed by atoms with Crippen LogP contribution in [0.2, 0.25) is 0 Å². The van der Waals surface area contributed by atoms with Crippen LogP contribution in [-0.2, 0) is 6.42 Å². The molecule has 0 atom stereocenters. The first-order valence-corrected chi connectivity index (χ1v) is 6.27. The number of nitrogens with zero attached hydrogens (tertiary/aromatic N) is 2. The van der Waals surface area contributed by atoms with E-state index in [2.05, 4.69) is 4.90 Å². The van der Waals surface area contributed by atoms with Crippen molar-refractivity contribution in [3.63, 3.8) is 0 Å². The third-order valence-electron chi connectivity index (χ3n) is 3.46. The van der Waals surface area contributed by atoms with Crippen molar-refractivity contribution in [3.8, 4) is 0 Å². The number of alkyl halides is 2. The minimum absolute atomic E-state index is 0.0774. The Bertz CT molecular complexity index is 443. The SMILES string of the molecule is CN1CCN(c2ccc(N)c(CC(F)F)c2F)CC1. The van der Waals surface area contributed by atoms with Crippen LogP contribution in [0.3, 0.4) is 0 Å². The predicted octanol–water partition coefficient (Wildman–Crippen LogP) is 1.97. The van der Waals surface area contributed by atoms with E-state index in [1.54, 1.807) is 6.07 Å². The highest BCUT2D eigenvalue weighted by atomic mass is 19.3. The molecule has 1 aromatic carbocycles. The lowest BCUT2D eigenvalue weighted by Crippen LogP contribution is -2.44. The van der Waals surface area contributed by atoms with Crippen LogP contribution in [0.5, 0.6) is 0 Å². The highest BCUT2D eigenvalue weighted by molar-refractivity contribution is 5.60. The summed E-state index contributed by atoms with van der Waals surface area (Å²) in [6.07, 6.45) is -3.24. The number of likely N-dealkylation sites (N-methyl/N-ethyl adjacent to an activating group) is 1. The molecule has 0 aromatic heterocycles. The fourth-order valence-corrected chi connectivity index (χ4v) is 2.28. The number of nitrogens with two attached hydrogens (primary N) is 1. The Morgan fingerprint density at radius 3 is 2.42 bits per heavy atom. The Hall–Kier alpha value is -1.43. The van der Waals surface area contributed by atoms with Gasteiger partial charge in [-0.15, -0.1) is 0 Å². The molecular weight excluding hydrogens is 255 g/mol. The normalized spacial score (nSPS) is 17.2. The van der Waals surface area contributed by atoms with Crippen molar-refractivity contribution in [2.45, 2.75) is 12.8 Å². The van der Waals surface area contributed by atoms with Gasteiger partial charge in [-0.3, -0.25) is 0 Å². The first kappa shape index (κ1) is 14.0. The molecule has 0 amide bonds. The molecule has 6 heteroatoms. The van der Waals surface area contributed by atoms with Crippen LogP contribution in [0.4, 0.5) is 24.5 Å². The largest absolute Gasteiger partial charge is 0.398 e. The summed E-state index contributed by atoms with van der Waals surface area (Å²) in [6, 6.07) is 3.08. The summed E-state index contributed by atoms with van der Waals surface area (Å²) in [6.45, 7) is 3.03. The lowest BCUT2D eigenvalue weighted by molar-refractivity contribution is 0.148. The maximum atomic E-state index is 14.3. The quantitative estimate of drug-likeness (QED) is 0.855. The van der Waals surface area contributed by atoms with Gasteiger partial charge in [-0.05, 0) is 19.2 Å². The molecule has 1 aromatic rings. The second-order valence-corrected chi connectivity index (χ2v) is 4.85. The summed E-state index contributed by atoms with van der Waals surface area (Å²) in [5, 5.41) is 0. The summed E-state index contributed by atoms with van der Waals surface area (Å²) in [4.78, 5) is 4.02. The molecule has 1 aliphatic rings. The van der Waals surface area contributed by atoms with Gasteiger partial charge >= 0.3 is 0 Å². The maximum absolute atomic E-state index is 14.3. The number of hydrogen-bond donors (Lipinski definition) is 1. The van der Waals surface area contributed by atoms with Crippen molar-refractivity contribution < 1.29 is 13.2 Å². The Balaban J connectivity index is 2.26. The number of halogens is 3. The third-order valence-corrected chi connectivity index (χ3v) is 3.46. The lowest BCUT2D eigenvalue weighted by Gasteiger charge is -2.34. The fourth-order valence-electron chi connectivity index (χ4n) is 2.28. The number of benzene rings is 1. The number of rotatable bonds is 3. The van der Waals surface area contributed by atoms with Crippen LogP contribution in [0.15, 0.2) is 12.1 Å². The highest BCUT2D eigenvalue weighted by Gasteiger charge is 2.21. The van der Waals surface area contributed by atoms with E-state index in [0.717, 1.165) is 13.1 Å². The highest BCUT2D eigenvalue weighted by Crippen LogP contribution is 2.29. The van der Waals surface area contributed by atoms with Gasteiger partial charge in [0.25, 0.3) is 0 Å². The van der Waals surface area contributed by atoms with Crippen molar-refractivity contribution in [1.29, 1.82) is 0 Å². The van der Waals surface area contributed by atoms with Gasteiger partial charge in [0.1, 0.15) is 0 Å². The molecule has 0 radical (unpaired) electrons. The van der Waals surface area contributed by atoms with Crippen molar-refractivity contribution in [3.05, 3.63) is 23.5 Å². The number of nitrogen functional groups attached to an aromatic ring is 1. The van der Waals surface area contributed by atoms with Gasteiger partial charge in [0.2, 0.25) is 6.43 Å². The van der Waals surface area contributed by atoms with Gasteiger partial charge in [-0.25, -0.2) is 13.2 Å². The van der Waals surface area contributed by atoms with Crippen molar-refractivity contribution in [1.82, 2.24) is 4.90 Å². The van der Waals surface area contributed by atoms with Crippen molar-refractivity contribution >= 4 is 11.4 Å². The topological polar surface area (TPSA) is 32.5 Å². The van der Waals surface area contributed by atoms with Crippen LogP contribution in [0, 0.1) is 5.82 Å². The summed E-state index contributed by atoms with van der Waals surface area (Å²) < 4.78 is 39.2. The molecule has 0 bridgehead atoms. The summed E-state index contributed by atoms with van der Waals surface area (Å²) >= 11 is 0. The second-order valence-electron chi connectivity index (χ2n) is 4.85. The van der Waals surface area contributed by atoms with Crippen molar-refractivity contribution in [2.24, 2.45) is 0 Å². The number of anilines is 2. The minimum Gasteiger partial charge on any atom is -0.398 e. The van der Waals surface area contributed by atoms with E-state index >= 15 is 0 Å². The monoisotopic (exact) mass is 273 g/mol. The zero-order valence-electron chi connectivity index (χ0n) is 10.9. The van der Waals surface area contributed by atoms with E-state index in [1.165, 1.54) is 6.07 Å². The van der Waals surface area contributed by atoms with Gasteiger partial charge in [0.05, 0.1) is 5.69 Å². The van der Waals surface area contributed by atoms with Crippen LogP contribution in [0.25, 0.3) is 0 Å². The van der Waals surface area contributed by atoms with E-state index in [9.17, 15) is 13.2 Å². The molecule has 1 saturated heterocycles. The molecule has 1 fully saturated rings. The fraction of sp³-hybridized carbons (Fsp3) is 0.538. The summed E-state index contributed by atoms with van der Waals surface area (Å²) in [5.41, 5.74) is 5.98. The van der Waals surface area contributed by atoms with E-state index < -0.39 is 18.7 Å². The van der Waals surface area contributed by atoms with Gasteiger partial charge < -0.3 is 15.5 Å². The Kier molecular flexibility index (Phi) is 4.19. The van der Waals surface area contributed by atoms with E-state index in [1.807, 2.05) is 11.9 Å². The third kappa shape index (κ3) is 3.12. The average molecular weight is 273 g/mol. The van der Waals surface area contributed by atoms with E-state index in [4.69, 9.17) is 5.73 Å². The molecule has 3 nitrogen and oxygen atoms in total. The molecule has 2 N–H and O–H groups in total. The molecular formula is C13H18F3N3. The molecule has 19 heavy (non-hydrogen) atoms. The molecule has 2 rings (SSSR count). The first-order chi connectivity index (χ1) is 8.99. The number of piperazine rings is 1. The smallest absolute Gasteiger partial charge is 0.242 e. The molecule has 0 spiro atoms. The number of hydrogen-bond acceptors (Lipinski definition) is 3. The van der Waals surface area contributed by atoms with E-state index in [0.29, 0.717) is 18.8 Å². The molecule has 1 aliphatic heterocycles. The summed E-state index contributed by atoms with van der Waals surface area (Å²) in [5.74, 6) is -0.607. The van der Waals surface area contributed by atoms with Crippen LogP contribution in [-0.4, -0.2) is 44.6 Å². The minimum atomic E-state index is -2.60. The van der Waals surface area contributed by atoms with E-state index in [-0.39, 0.29) is 11.3 Å². The standard InChI is InChI=1S/C13H18F3N3/c1-18-4-6-19(7-5-18)11-3-2-10(17)9(13(11)16)8-12(14)15/h2-3,12H,4-8,17H2,1H3. The second kappa shape index (κ2) is 5.69. The van der Waals surface area contributed by atoms with Crippen LogP contribution >= 0.6 is 0 Å². The lowest BCUT2D eigenvalue weighted by atomic mass is 10.1. The van der Waals surface area contributed by atoms with Crippen LogP contribution in [0.1, 0.15) is 5.56 Å². The van der Waals surface area contributed by atoms with Crippen molar-refractivity contribution in [2.75, 3.05) is 43.9 Å². The Morgan fingerprint density at radius 2 is 1.84 bits per heavy atom. The van der Waals surface area contributed by atoms with Gasteiger partial charge in [0, 0.05) is 43.9 Å². The zero-order valence-corrected chi connectivity index (χ0v) is 10.9. The Morgan fingerprint density at radius 1 is 1.21 bits per heavy atom. The van der Waals surface area contributed by atoms with Gasteiger partial charge in [-0.1, -0.05) is 0 Å². The van der Waals surface area contributed by atoms with Gasteiger partial charge in [0.15, 0.2) is 5.82 Å².